The Morgan fingerprint density at radius 2 is 2.03 bits per heavy atom. The number of H-pyrrole nitrogens is 1. The van der Waals surface area contributed by atoms with Crippen molar-refractivity contribution in [2.24, 2.45) is 0 Å². The first-order valence-electron chi connectivity index (χ1n) is 11.1. The van der Waals surface area contributed by atoms with E-state index < -0.39 is 23.4 Å². The number of aryl methyl sites for hydroxylation is 3. The van der Waals surface area contributed by atoms with Crippen molar-refractivity contribution in [1.82, 2.24) is 9.97 Å². The number of aromatic nitrogens is 2. The molecule has 1 aliphatic rings. The van der Waals surface area contributed by atoms with E-state index in [0.717, 1.165) is 47.0 Å². The number of carbonyl (C=O) groups is 1. The van der Waals surface area contributed by atoms with E-state index in [0.29, 0.717) is 22.4 Å². The molecule has 3 heterocycles. The summed E-state index contributed by atoms with van der Waals surface area (Å²) in [7, 11) is 0. The van der Waals surface area contributed by atoms with Crippen LogP contribution in [0.2, 0.25) is 0 Å². The number of nitrogens with zero attached hydrogens (tertiary/aromatic N) is 1. The summed E-state index contributed by atoms with van der Waals surface area (Å²) in [5.41, 5.74) is 4.37. The van der Waals surface area contributed by atoms with E-state index in [1.54, 1.807) is 23.5 Å². The molecule has 0 radical (unpaired) electrons. The third kappa shape index (κ3) is 3.87. The molecule has 4 aromatic rings. The lowest BCUT2D eigenvalue weighted by Gasteiger charge is -2.28. The first kappa shape index (κ1) is 21.9. The molecule has 0 amide bonds. The molecular weight excluding hydrogens is 440 g/mol. The molecule has 0 spiro atoms. The number of oxazole rings is 1. The van der Waals surface area contributed by atoms with Crippen molar-refractivity contribution in [3.05, 3.63) is 50.4 Å². The fraction of sp³-hybridized carbons (Fsp3) is 0.400. The smallest absolute Gasteiger partial charge is 0.417 e. The highest BCUT2D eigenvalue weighted by Gasteiger charge is 2.34. The molecule has 172 valence electrons. The minimum absolute atomic E-state index is 0.429. The van der Waals surface area contributed by atoms with Crippen LogP contribution in [0.4, 0.5) is 0 Å². The third-order valence-electron chi connectivity index (χ3n) is 6.00. The molecule has 8 heteroatoms. The van der Waals surface area contributed by atoms with Gasteiger partial charge in [-0.15, -0.1) is 11.3 Å². The molecule has 1 aliphatic carbocycles. The quantitative estimate of drug-likeness (QED) is 0.410. The Morgan fingerprint density at radius 1 is 1.27 bits per heavy atom. The lowest BCUT2D eigenvalue weighted by atomic mass is 9.88. The normalized spacial score (nSPS) is 15.2. The Labute approximate surface area is 194 Å². The van der Waals surface area contributed by atoms with Crippen molar-refractivity contribution >= 4 is 38.6 Å². The van der Waals surface area contributed by atoms with Crippen LogP contribution in [0.3, 0.4) is 0 Å². The topological polar surface area (TPSA) is 105 Å². The number of aromatic amines is 1. The summed E-state index contributed by atoms with van der Waals surface area (Å²) >= 11 is 1.69. The molecule has 2 N–H and O–H groups in total. The van der Waals surface area contributed by atoms with Gasteiger partial charge in [0.1, 0.15) is 4.83 Å². The predicted molar refractivity (Wildman–Crippen MR) is 128 cm³/mol. The number of ether oxygens (including phenoxy) is 1. The Hall–Kier alpha value is -2.97. The minimum Gasteiger partial charge on any atom is -0.479 e. The van der Waals surface area contributed by atoms with Gasteiger partial charge in [0.25, 0.3) is 0 Å². The first-order valence-corrected chi connectivity index (χ1v) is 11.9. The third-order valence-corrected chi connectivity index (χ3v) is 7.18. The van der Waals surface area contributed by atoms with E-state index in [9.17, 15) is 14.7 Å². The van der Waals surface area contributed by atoms with Gasteiger partial charge in [0, 0.05) is 27.1 Å². The molecule has 1 unspecified atom stereocenters. The molecule has 1 atom stereocenters. The number of carboxylic acid groups (broad SMARTS) is 1. The number of fused-ring (bicyclic) bond motifs is 4. The van der Waals surface area contributed by atoms with Gasteiger partial charge in [0.05, 0.1) is 11.1 Å². The number of hydrogen-bond donors (Lipinski definition) is 2. The Morgan fingerprint density at radius 3 is 2.76 bits per heavy atom. The lowest BCUT2D eigenvalue weighted by Crippen LogP contribution is -2.28. The number of nitrogens with one attached hydrogen (secondary N) is 1. The highest BCUT2D eigenvalue weighted by atomic mass is 32.1. The van der Waals surface area contributed by atoms with E-state index in [4.69, 9.17) is 14.1 Å². The summed E-state index contributed by atoms with van der Waals surface area (Å²) in [5, 5.41) is 11.2. The first-order chi connectivity index (χ1) is 15.6. The van der Waals surface area contributed by atoms with E-state index >= 15 is 0 Å². The van der Waals surface area contributed by atoms with E-state index in [-0.39, 0.29) is 0 Å². The highest BCUT2D eigenvalue weighted by Crippen LogP contribution is 2.46. The summed E-state index contributed by atoms with van der Waals surface area (Å²) in [6, 6.07) is 5.49. The largest absolute Gasteiger partial charge is 0.479 e. The van der Waals surface area contributed by atoms with Gasteiger partial charge in [0.2, 0.25) is 0 Å². The summed E-state index contributed by atoms with van der Waals surface area (Å²) in [5.74, 6) is -1.58. The van der Waals surface area contributed by atoms with Crippen molar-refractivity contribution in [3.8, 4) is 11.1 Å². The van der Waals surface area contributed by atoms with E-state index in [1.807, 2.05) is 33.8 Å². The van der Waals surface area contributed by atoms with Crippen molar-refractivity contribution in [3.63, 3.8) is 0 Å². The fourth-order valence-electron chi connectivity index (χ4n) is 4.72. The SMILES string of the molecule is Cc1nc2sc3c(c2c(-c2ccc4[nH]c(=O)oc4c2)c1C(OC(C)(C)C)C(=O)O)CCCC3. The standard InChI is InChI=1S/C25H26N2O5S/c1-12-18(21(23(28)29)32-25(2,3)4)19(13-9-10-15-16(11-13)31-24(30)27-15)20-14-7-5-6-8-17(14)33-22(20)26-12/h9-11,21H,5-8H2,1-4H3,(H,27,30)(H,28,29). The van der Waals surface area contributed by atoms with Crippen LogP contribution < -0.4 is 5.76 Å². The number of pyridine rings is 1. The maximum atomic E-state index is 12.5. The molecular formula is C25H26N2O5S. The second kappa shape index (κ2) is 7.81. The summed E-state index contributed by atoms with van der Waals surface area (Å²) in [6.45, 7) is 7.37. The number of carboxylic acids is 1. The minimum atomic E-state index is -1.19. The average molecular weight is 467 g/mol. The molecule has 1 aromatic carbocycles. The zero-order valence-electron chi connectivity index (χ0n) is 19.1. The molecule has 7 nitrogen and oxygen atoms in total. The summed E-state index contributed by atoms with van der Waals surface area (Å²) in [4.78, 5) is 34.0. The second-order valence-corrected chi connectivity index (χ2v) is 10.6. The fourth-order valence-corrected chi connectivity index (χ4v) is 6.04. The van der Waals surface area contributed by atoms with Crippen molar-refractivity contribution < 1.29 is 19.1 Å². The summed E-state index contributed by atoms with van der Waals surface area (Å²) in [6.07, 6.45) is 2.99. The van der Waals surface area contributed by atoms with Crippen molar-refractivity contribution in [2.75, 3.05) is 0 Å². The van der Waals surface area contributed by atoms with Crippen LogP contribution in [-0.4, -0.2) is 26.6 Å². The van der Waals surface area contributed by atoms with Gasteiger partial charge in [0.15, 0.2) is 11.7 Å². The molecule has 33 heavy (non-hydrogen) atoms. The number of rotatable bonds is 4. The highest BCUT2D eigenvalue weighted by molar-refractivity contribution is 7.19. The van der Waals surface area contributed by atoms with Crippen LogP contribution in [0.1, 0.15) is 61.4 Å². The van der Waals surface area contributed by atoms with Crippen LogP contribution >= 0.6 is 11.3 Å². The average Bonchev–Trinajstić information content (AvgIpc) is 3.28. The van der Waals surface area contributed by atoms with Crippen LogP contribution in [0, 0.1) is 6.92 Å². The zero-order chi connectivity index (χ0) is 23.5. The van der Waals surface area contributed by atoms with Crippen LogP contribution in [0.5, 0.6) is 0 Å². The number of thiophene rings is 1. The van der Waals surface area contributed by atoms with Gasteiger partial charge in [-0.05, 0) is 76.6 Å². The molecule has 5 rings (SSSR count). The maximum absolute atomic E-state index is 12.5. The predicted octanol–water partition coefficient (Wildman–Crippen LogP) is 5.53. The maximum Gasteiger partial charge on any atom is 0.417 e. The van der Waals surface area contributed by atoms with Gasteiger partial charge >= 0.3 is 11.7 Å². The number of benzene rings is 1. The van der Waals surface area contributed by atoms with E-state index in [1.165, 1.54) is 10.4 Å². The van der Waals surface area contributed by atoms with Crippen molar-refractivity contribution in [2.45, 2.75) is 65.1 Å². The van der Waals surface area contributed by atoms with Crippen LogP contribution in [0.15, 0.2) is 27.4 Å². The zero-order valence-corrected chi connectivity index (χ0v) is 19.9. The molecule has 0 bridgehead atoms. The summed E-state index contributed by atoms with van der Waals surface area (Å²) < 4.78 is 11.4. The number of aliphatic carboxylic acids is 1. The molecule has 0 aliphatic heterocycles. The molecule has 3 aromatic heterocycles. The second-order valence-electron chi connectivity index (χ2n) is 9.55. The van der Waals surface area contributed by atoms with Crippen LogP contribution in [-0.2, 0) is 22.4 Å². The Balaban J connectivity index is 1.88. The Kier molecular flexibility index (Phi) is 5.17. The monoisotopic (exact) mass is 466 g/mol. The van der Waals surface area contributed by atoms with Gasteiger partial charge in [-0.3, -0.25) is 4.98 Å². The van der Waals surface area contributed by atoms with Gasteiger partial charge in [-0.2, -0.15) is 0 Å². The Bertz CT molecular complexity index is 1450. The molecule has 0 saturated heterocycles. The van der Waals surface area contributed by atoms with E-state index in [2.05, 4.69) is 4.98 Å². The van der Waals surface area contributed by atoms with Gasteiger partial charge in [-0.1, -0.05) is 6.07 Å². The molecule has 0 fully saturated rings. The number of hydrogen-bond acceptors (Lipinski definition) is 6. The van der Waals surface area contributed by atoms with Crippen molar-refractivity contribution in [1.29, 1.82) is 0 Å². The van der Waals surface area contributed by atoms with Gasteiger partial charge in [-0.25, -0.2) is 14.6 Å². The molecule has 0 saturated carbocycles. The van der Waals surface area contributed by atoms with Crippen LogP contribution in [0.25, 0.3) is 32.4 Å². The lowest BCUT2D eigenvalue weighted by molar-refractivity contribution is -0.160. The van der Waals surface area contributed by atoms with Gasteiger partial charge < -0.3 is 14.3 Å².